The first kappa shape index (κ1) is 23.9. The van der Waals surface area contributed by atoms with Crippen LogP contribution in [0.1, 0.15) is 11.1 Å². The van der Waals surface area contributed by atoms with Crippen molar-refractivity contribution in [2.45, 2.75) is 0 Å². The van der Waals surface area contributed by atoms with Crippen LogP contribution in [0.4, 0.5) is 11.4 Å². The van der Waals surface area contributed by atoms with Gasteiger partial charge in [0.1, 0.15) is 22.9 Å². The van der Waals surface area contributed by atoms with E-state index in [1.165, 1.54) is 0 Å². The highest BCUT2D eigenvalue weighted by molar-refractivity contribution is 6.04. The summed E-state index contributed by atoms with van der Waals surface area (Å²) in [4.78, 5) is 9.34. The molecular weight excluding hydrogens is 484 g/mol. The Labute approximate surface area is 225 Å². The zero-order valence-electron chi connectivity index (χ0n) is 20.9. The molecule has 39 heavy (non-hydrogen) atoms. The number of aliphatic imine (C=N–C) groups is 2. The second-order valence-corrected chi connectivity index (χ2v) is 8.99. The maximum Gasteiger partial charge on any atom is 0.153 e. The maximum absolute atomic E-state index is 10.5. The van der Waals surface area contributed by atoms with E-state index in [9.17, 15) is 10.2 Å². The highest BCUT2D eigenvalue weighted by Gasteiger charge is 2.10. The number of aromatic hydroxyl groups is 2. The van der Waals surface area contributed by atoms with Gasteiger partial charge in [-0.1, -0.05) is 84.9 Å². The van der Waals surface area contributed by atoms with Gasteiger partial charge in [-0.25, -0.2) is 0 Å². The zero-order valence-corrected chi connectivity index (χ0v) is 20.9. The first-order valence-corrected chi connectivity index (χ1v) is 12.5. The molecule has 5 heteroatoms. The second-order valence-electron chi connectivity index (χ2n) is 8.99. The fourth-order valence-electron chi connectivity index (χ4n) is 4.53. The molecule has 0 atom stereocenters. The molecular formula is C34H24N2O3. The number of fused-ring (bicyclic) bond motifs is 2. The molecule has 188 valence electrons. The van der Waals surface area contributed by atoms with Crippen molar-refractivity contribution >= 4 is 45.3 Å². The Morgan fingerprint density at radius 2 is 0.872 bits per heavy atom. The average molecular weight is 509 g/mol. The molecule has 0 aromatic heterocycles. The van der Waals surface area contributed by atoms with Gasteiger partial charge in [0.15, 0.2) is 11.5 Å². The predicted octanol–water partition coefficient (Wildman–Crippen LogP) is 8.70. The van der Waals surface area contributed by atoms with Crippen molar-refractivity contribution in [2.24, 2.45) is 9.98 Å². The molecule has 6 aromatic rings. The molecule has 0 amide bonds. The number of ether oxygens (including phenoxy) is 1. The van der Waals surface area contributed by atoms with E-state index >= 15 is 0 Å². The van der Waals surface area contributed by atoms with Crippen molar-refractivity contribution in [2.75, 3.05) is 0 Å². The summed E-state index contributed by atoms with van der Waals surface area (Å²) >= 11 is 0. The Hall–Kier alpha value is -5.42. The van der Waals surface area contributed by atoms with Gasteiger partial charge in [-0.05, 0) is 57.9 Å². The molecule has 0 fully saturated rings. The molecule has 0 heterocycles. The fraction of sp³-hybridized carbons (Fsp3) is 0. The van der Waals surface area contributed by atoms with Crippen LogP contribution in [-0.2, 0) is 0 Å². The van der Waals surface area contributed by atoms with Crippen molar-refractivity contribution in [3.8, 4) is 23.0 Å². The summed E-state index contributed by atoms with van der Waals surface area (Å²) in [6.07, 6.45) is 3.32. The predicted molar refractivity (Wildman–Crippen MR) is 159 cm³/mol. The van der Waals surface area contributed by atoms with Gasteiger partial charge in [0.25, 0.3) is 0 Å². The van der Waals surface area contributed by atoms with Gasteiger partial charge >= 0.3 is 0 Å². The van der Waals surface area contributed by atoms with Crippen LogP contribution in [0.15, 0.2) is 131 Å². The lowest BCUT2D eigenvalue weighted by molar-refractivity contribution is 0.475. The van der Waals surface area contributed by atoms with E-state index in [4.69, 9.17) is 4.74 Å². The van der Waals surface area contributed by atoms with Crippen molar-refractivity contribution in [1.82, 2.24) is 0 Å². The van der Waals surface area contributed by atoms with Crippen molar-refractivity contribution in [3.05, 3.63) is 132 Å². The molecule has 0 radical (unpaired) electrons. The number of rotatable bonds is 6. The Morgan fingerprint density at radius 3 is 1.36 bits per heavy atom. The van der Waals surface area contributed by atoms with Crippen LogP contribution in [0.5, 0.6) is 23.0 Å². The Bertz CT molecular complexity index is 1740. The van der Waals surface area contributed by atoms with Crippen LogP contribution in [0.2, 0.25) is 0 Å². The van der Waals surface area contributed by atoms with Gasteiger partial charge in [-0.3, -0.25) is 9.98 Å². The fourth-order valence-corrected chi connectivity index (χ4v) is 4.53. The molecule has 6 rings (SSSR count). The number of hydrogen-bond acceptors (Lipinski definition) is 5. The largest absolute Gasteiger partial charge is 0.507 e. The maximum atomic E-state index is 10.5. The molecule has 0 aliphatic heterocycles. The molecule has 0 bridgehead atoms. The molecule has 6 aromatic carbocycles. The summed E-state index contributed by atoms with van der Waals surface area (Å²) in [5.41, 5.74) is 2.50. The van der Waals surface area contributed by atoms with Crippen molar-refractivity contribution in [3.63, 3.8) is 0 Å². The summed E-state index contributed by atoms with van der Waals surface area (Å²) in [5, 5.41) is 24.9. The van der Waals surface area contributed by atoms with Gasteiger partial charge in [0.2, 0.25) is 0 Å². The van der Waals surface area contributed by atoms with Crippen LogP contribution in [0, 0.1) is 0 Å². The highest BCUT2D eigenvalue weighted by atomic mass is 16.5. The number of nitrogens with zero attached hydrogens (tertiary/aromatic N) is 2. The lowest BCUT2D eigenvalue weighted by Gasteiger charge is -2.11. The quantitative estimate of drug-likeness (QED) is 0.221. The van der Waals surface area contributed by atoms with E-state index in [1.807, 2.05) is 109 Å². The van der Waals surface area contributed by atoms with Crippen molar-refractivity contribution < 1.29 is 14.9 Å². The van der Waals surface area contributed by atoms with Crippen LogP contribution in [0.3, 0.4) is 0 Å². The smallest absolute Gasteiger partial charge is 0.153 e. The lowest BCUT2D eigenvalue weighted by Crippen LogP contribution is -1.89. The highest BCUT2D eigenvalue weighted by Crippen LogP contribution is 2.37. The summed E-state index contributed by atoms with van der Waals surface area (Å²) in [6, 6.07) is 37.7. The van der Waals surface area contributed by atoms with Crippen LogP contribution >= 0.6 is 0 Å². The van der Waals surface area contributed by atoms with E-state index in [0.717, 1.165) is 21.5 Å². The lowest BCUT2D eigenvalue weighted by atomic mass is 10.0. The second kappa shape index (κ2) is 10.5. The molecule has 0 spiro atoms. The minimum absolute atomic E-state index is 0.159. The third-order valence-electron chi connectivity index (χ3n) is 6.51. The van der Waals surface area contributed by atoms with Gasteiger partial charge in [-0.2, -0.15) is 0 Å². The molecule has 5 nitrogen and oxygen atoms in total. The Balaban J connectivity index is 1.33. The van der Waals surface area contributed by atoms with Crippen LogP contribution in [0.25, 0.3) is 21.5 Å². The van der Waals surface area contributed by atoms with E-state index in [-0.39, 0.29) is 11.5 Å². The summed E-state index contributed by atoms with van der Waals surface area (Å²) in [6.45, 7) is 0. The summed E-state index contributed by atoms with van der Waals surface area (Å²) in [5.74, 6) is 1.41. The van der Waals surface area contributed by atoms with E-state index in [0.29, 0.717) is 34.0 Å². The van der Waals surface area contributed by atoms with Crippen LogP contribution in [-0.4, -0.2) is 22.6 Å². The van der Waals surface area contributed by atoms with E-state index in [2.05, 4.69) is 9.98 Å². The number of phenolic OH excluding ortho intramolecular Hbond substituents is 2. The van der Waals surface area contributed by atoms with Gasteiger partial charge in [0.05, 0.1) is 0 Å². The first-order valence-electron chi connectivity index (χ1n) is 12.5. The molecule has 0 aliphatic carbocycles. The molecule has 0 unspecified atom stereocenters. The number of benzene rings is 6. The van der Waals surface area contributed by atoms with Gasteiger partial charge in [-0.15, -0.1) is 0 Å². The molecule has 0 saturated carbocycles. The summed E-state index contributed by atoms with van der Waals surface area (Å²) in [7, 11) is 0. The monoisotopic (exact) mass is 508 g/mol. The number of para-hydroxylation sites is 4. The molecule has 0 saturated heterocycles. The van der Waals surface area contributed by atoms with E-state index in [1.54, 1.807) is 24.6 Å². The minimum atomic E-state index is 0.159. The zero-order chi connectivity index (χ0) is 26.6. The SMILES string of the molecule is Oc1ccc2ccccc2c1C=Nc1ccccc1Oc1ccccc1N=Cc1c(O)ccc2ccccc12. The summed E-state index contributed by atoms with van der Waals surface area (Å²) < 4.78 is 6.30. The third-order valence-corrected chi connectivity index (χ3v) is 6.51. The third kappa shape index (κ3) is 4.93. The normalized spacial score (nSPS) is 11.6. The number of hydrogen-bond donors (Lipinski definition) is 2. The minimum Gasteiger partial charge on any atom is -0.507 e. The van der Waals surface area contributed by atoms with Gasteiger partial charge in [0, 0.05) is 23.6 Å². The average Bonchev–Trinajstić information content (AvgIpc) is 2.97. The van der Waals surface area contributed by atoms with Crippen molar-refractivity contribution in [1.29, 1.82) is 0 Å². The Morgan fingerprint density at radius 1 is 0.462 bits per heavy atom. The van der Waals surface area contributed by atoms with E-state index < -0.39 is 0 Å². The topological polar surface area (TPSA) is 74.4 Å². The first-order chi connectivity index (χ1) is 19.2. The standard InChI is InChI=1S/C34H24N2O3/c37-31-19-17-23-9-1-3-11-25(23)27(31)21-35-29-13-5-7-15-33(29)39-34-16-8-6-14-30(34)36-22-28-26-12-4-2-10-24(26)18-20-32(28)38/h1-22,37-38H. The Kier molecular flexibility index (Phi) is 6.46. The number of phenols is 2. The molecule has 0 aliphatic rings. The molecule has 2 N–H and O–H groups in total. The van der Waals surface area contributed by atoms with Gasteiger partial charge < -0.3 is 14.9 Å². The van der Waals surface area contributed by atoms with Crippen LogP contribution < -0.4 is 4.74 Å².